The largest absolute Gasteiger partial charge is 0.388 e. The van der Waals surface area contributed by atoms with Crippen molar-refractivity contribution in [2.45, 2.75) is 32.1 Å². The average Bonchev–Trinajstić information content (AvgIpc) is 2.73. The number of hydrogen-bond donors (Lipinski definition) is 1. The van der Waals surface area contributed by atoms with E-state index < -0.39 is 6.10 Å². The lowest BCUT2D eigenvalue weighted by atomic mass is 10.1. The molecule has 0 aliphatic carbocycles. The van der Waals surface area contributed by atoms with E-state index in [1.807, 2.05) is 6.07 Å². The van der Waals surface area contributed by atoms with Gasteiger partial charge in [-0.2, -0.15) is 0 Å². The first-order valence-corrected chi connectivity index (χ1v) is 10.2. The van der Waals surface area contributed by atoms with Gasteiger partial charge in [0.2, 0.25) is 0 Å². The molecular formula is C23H33Cl2FN2O2. The first-order valence-electron chi connectivity index (χ1n) is 10.2. The molecule has 1 saturated heterocycles. The number of aliphatic hydroxyl groups excluding tert-OH is 1. The van der Waals surface area contributed by atoms with Gasteiger partial charge in [0.25, 0.3) is 0 Å². The van der Waals surface area contributed by atoms with Crippen LogP contribution in [-0.2, 0) is 11.2 Å². The van der Waals surface area contributed by atoms with Crippen molar-refractivity contribution in [1.82, 2.24) is 9.80 Å². The average molecular weight is 459 g/mol. The molecule has 0 radical (unpaired) electrons. The molecule has 1 fully saturated rings. The molecule has 2 aromatic carbocycles. The summed E-state index contributed by atoms with van der Waals surface area (Å²) in [5.74, 6) is -0.271. The van der Waals surface area contributed by atoms with Crippen molar-refractivity contribution in [1.29, 1.82) is 0 Å². The number of halogens is 3. The van der Waals surface area contributed by atoms with Gasteiger partial charge < -0.3 is 14.7 Å². The molecule has 1 aliphatic heterocycles. The molecule has 0 saturated carbocycles. The van der Waals surface area contributed by atoms with Crippen molar-refractivity contribution in [2.75, 3.05) is 39.3 Å². The van der Waals surface area contributed by atoms with Gasteiger partial charge in [0.15, 0.2) is 0 Å². The van der Waals surface area contributed by atoms with Crippen molar-refractivity contribution in [3.8, 4) is 0 Å². The Balaban J connectivity index is 0.00000225. The molecule has 0 spiro atoms. The summed E-state index contributed by atoms with van der Waals surface area (Å²) >= 11 is 0. The molecule has 0 amide bonds. The van der Waals surface area contributed by atoms with Crippen LogP contribution >= 0.6 is 24.8 Å². The fourth-order valence-electron chi connectivity index (χ4n) is 3.60. The molecule has 1 aliphatic rings. The van der Waals surface area contributed by atoms with Crippen LogP contribution in [0.15, 0.2) is 54.6 Å². The Morgan fingerprint density at radius 2 is 1.60 bits per heavy atom. The Bertz CT molecular complexity index is 698. The molecule has 168 valence electrons. The Labute approximate surface area is 191 Å². The van der Waals surface area contributed by atoms with Crippen LogP contribution in [0.4, 0.5) is 4.39 Å². The van der Waals surface area contributed by atoms with Crippen LogP contribution in [0.1, 0.15) is 30.6 Å². The summed E-state index contributed by atoms with van der Waals surface area (Å²) in [7, 11) is 0. The van der Waals surface area contributed by atoms with E-state index in [0.29, 0.717) is 6.42 Å². The monoisotopic (exact) mass is 458 g/mol. The molecule has 0 bridgehead atoms. The lowest BCUT2D eigenvalue weighted by Crippen LogP contribution is -2.50. The third kappa shape index (κ3) is 8.50. The SMILES string of the molecule is CC(OCCc1ccccc1)N1CCN(CCC(O)c2ccc(F)cc2)CC1.Cl.Cl. The highest BCUT2D eigenvalue weighted by atomic mass is 35.5. The van der Waals surface area contributed by atoms with Gasteiger partial charge in [0.05, 0.1) is 12.7 Å². The van der Waals surface area contributed by atoms with Crippen molar-refractivity contribution in [3.63, 3.8) is 0 Å². The zero-order valence-corrected chi connectivity index (χ0v) is 19.1. The molecule has 7 heteroatoms. The minimum Gasteiger partial charge on any atom is -0.388 e. The summed E-state index contributed by atoms with van der Waals surface area (Å²) in [6.07, 6.45) is 1.18. The minimum absolute atomic E-state index is 0. The Kier molecular flexibility index (Phi) is 12.5. The van der Waals surface area contributed by atoms with Gasteiger partial charge in [-0.3, -0.25) is 4.90 Å². The number of ether oxygens (including phenoxy) is 1. The Hall–Kier alpha value is -1.21. The van der Waals surface area contributed by atoms with Crippen LogP contribution in [0.2, 0.25) is 0 Å². The molecule has 1 heterocycles. The van der Waals surface area contributed by atoms with Gasteiger partial charge in [0.1, 0.15) is 12.0 Å². The number of rotatable bonds is 9. The summed E-state index contributed by atoms with van der Waals surface area (Å²) in [5, 5.41) is 10.3. The van der Waals surface area contributed by atoms with Gasteiger partial charge >= 0.3 is 0 Å². The van der Waals surface area contributed by atoms with Crippen LogP contribution < -0.4 is 0 Å². The van der Waals surface area contributed by atoms with Crippen LogP contribution in [0.3, 0.4) is 0 Å². The molecule has 2 unspecified atom stereocenters. The highest BCUT2D eigenvalue weighted by Gasteiger charge is 2.22. The van der Waals surface area contributed by atoms with E-state index >= 15 is 0 Å². The summed E-state index contributed by atoms with van der Waals surface area (Å²) < 4.78 is 19.0. The standard InChI is InChI=1S/C23H31FN2O2.2ClH/c1-19(28-18-12-20-5-3-2-4-6-20)26-16-14-25(15-17-26)13-11-23(27)21-7-9-22(24)10-8-21;;/h2-10,19,23,27H,11-18H2,1H3;2*1H. The summed E-state index contributed by atoms with van der Waals surface area (Å²) in [6, 6.07) is 16.5. The molecule has 0 aromatic heterocycles. The van der Waals surface area contributed by atoms with Crippen LogP contribution in [0.5, 0.6) is 0 Å². The van der Waals surface area contributed by atoms with E-state index in [2.05, 4.69) is 41.0 Å². The maximum atomic E-state index is 13.0. The molecule has 4 nitrogen and oxygen atoms in total. The van der Waals surface area contributed by atoms with Crippen molar-refractivity contribution >= 4 is 24.8 Å². The smallest absolute Gasteiger partial charge is 0.123 e. The van der Waals surface area contributed by atoms with Crippen LogP contribution in [0, 0.1) is 5.82 Å². The third-order valence-corrected chi connectivity index (χ3v) is 5.49. The van der Waals surface area contributed by atoms with Gasteiger partial charge in [-0.15, -0.1) is 24.8 Å². The second-order valence-electron chi connectivity index (χ2n) is 7.44. The molecule has 2 atom stereocenters. The third-order valence-electron chi connectivity index (χ3n) is 5.49. The summed E-state index contributed by atoms with van der Waals surface area (Å²) in [4.78, 5) is 4.75. The number of hydrogen-bond acceptors (Lipinski definition) is 4. The quantitative estimate of drug-likeness (QED) is 0.606. The van der Waals surface area contributed by atoms with Gasteiger partial charge in [0, 0.05) is 32.7 Å². The number of benzene rings is 2. The van der Waals surface area contributed by atoms with Gasteiger partial charge in [-0.25, -0.2) is 4.39 Å². The van der Waals surface area contributed by atoms with E-state index in [0.717, 1.165) is 51.3 Å². The summed E-state index contributed by atoms with van der Waals surface area (Å²) in [5.41, 5.74) is 2.08. The van der Waals surface area contributed by atoms with Gasteiger partial charge in [-0.05, 0) is 43.0 Å². The lowest BCUT2D eigenvalue weighted by molar-refractivity contribution is -0.0647. The molecule has 3 rings (SSSR count). The molecule has 1 N–H and O–H groups in total. The Morgan fingerprint density at radius 1 is 0.967 bits per heavy atom. The number of piperazine rings is 1. The lowest BCUT2D eigenvalue weighted by Gasteiger charge is -2.38. The maximum absolute atomic E-state index is 13.0. The number of aliphatic hydroxyl groups is 1. The predicted molar refractivity (Wildman–Crippen MR) is 124 cm³/mol. The zero-order valence-electron chi connectivity index (χ0n) is 17.5. The van der Waals surface area contributed by atoms with E-state index in [4.69, 9.17) is 4.74 Å². The van der Waals surface area contributed by atoms with E-state index in [1.165, 1.54) is 17.7 Å². The minimum atomic E-state index is -0.543. The normalized spacial score (nSPS) is 16.9. The van der Waals surface area contributed by atoms with Crippen LogP contribution in [-0.4, -0.2) is 60.5 Å². The fraction of sp³-hybridized carbons (Fsp3) is 0.478. The first kappa shape index (κ1) is 26.8. The second kappa shape index (κ2) is 14.0. The maximum Gasteiger partial charge on any atom is 0.123 e. The van der Waals surface area contributed by atoms with E-state index in [9.17, 15) is 9.50 Å². The fourth-order valence-corrected chi connectivity index (χ4v) is 3.60. The molecular weight excluding hydrogens is 426 g/mol. The van der Waals surface area contributed by atoms with Crippen molar-refractivity contribution in [2.24, 2.45) is 0 Å². The zero-order chi connectivity index (χ0) is 19.8. The Morgan fingerprint density at radius 3 is 2.23 bits per heavy atom. The van der Waals surface area contributed by atoms with E-state index in [-0.39, 0.29) is 36.9 Å². The number of nitrogens with zero attached hydrogens (tertiary/aromatic N) is 2. The van der Waals surface area contributed by atoms with Crippen molar-refractivity contribution < 1.29 is 14.2 Å². The first-order chi connectivity index (χ1) is 13.6. The second-order valence-corrected chi connectivity index (χ2v) is 7.44. The molecule has 2 aromatic rings. The topological polar surface area (TPSA) is 35.9 Å². The van der Waals surface area contributed by atoms with Crippen LogP contribution in [0.25, 0.3) is 0 Å². The van der Waals surface area contributed by atoms with Gasteiger partial charge in [-0.1, -0.05) is 42.5 Å². The predicted octanol–water partition coefficient (Wildman–Crippen LogP) is 4.32. The highest BCUT2D eigenvalue weighted by molar-refractivity contribution is 5.85. The highest BCUT2D eigenvalue weighted by Crippen LogP contribution is 2.18. The van der Waals surface area contributed by atoms with Crippen molar-refractivity contribution in [3.05, 3.63) is 71.5 Å². The molecule has 30 heavy (non-hydrogen) atoms. The van der Waals surface area contributed by atoms with E-state index in [1.54, 1.807) is 12.1 Å². The summed E-state index contributed by atoms with van der Waals surface area (Å²) in [6.45, 7) is 7.59.